The summed E-state index contributed by atoms with van der Waals surface area (Å²) in [5, 5.41) is 8.13. The first kappa shape index (κ1) is 12.5. The molecule has 0 aromatic carbocycles. The summed E-state index contributed by atoms with van der Waals surface area (Å²) in [7, 11) is 0. The molecule has 80 valence electrons. The molecule has 0 aromatic heterocycles. The topological polar surface area (TPSA) is 20.2 Å². The van der Waals surface area contributed by atoms with E-state index in [1.54, 1.807) is 0 Å². The molecule has 0 spiro atoms. The normalized spacial score (nSPS) is 14.8. The van der Waals surface area contributed by atoms with Crippen molar-refractivity contribution in [3.05, 3.63) is 0 Å². The quantitative estimate of drug-likeness (QED) is 0.694. The highest BCUT2D eigenvalue weighted by molar-refractivity contribution is 4.88. The Hall–Kier alpha value is -0.460. The maximum atomic E-state index is 12.0. The Labute approximate surface area is 70.4 Å². The van der Waals surface area contributed by atoms with Crippen LogP contribution in [0.1, 0.15) is 13.3 Å². The summed E-state index contributed by atoms with van der Waals surface area (Å²) in [5.41, 5.74) is -3.82. The second kappa shape index (κ2) is 3.36. The Bertz CT molecular complexity index is 155. The van der Waals surface area contributed by atoms with Crippen LogP contribution in [0.5, 0.6) is 0 Å². The van der Waals surface area contributed by atoms with Crippen molar-refractivity contribution in [2.45, 2.75) is 25.7 Å². The maximum absolute atomic E-state index is 12.0. The zero-order chi connectivity index (χ0) is 10.9. The van der Waals surface area contributed by atoms with E-state index in [1.165, 1.54) is 0 Å². The van der Waals surface area contributed by atoms with Gasteiger partial charge in [0.1, 0.15) is 0 Å². The summed E-state index contributed by atoms with van der Waals surface area (Å²) in [6.45, 7) is -1.13. The molecular formula is C6H8F6O. The molecule has 0 bridgehead atoms. The summed E-state index contributed by atoms with van der Waals surface area (Å²) in [6.07, 6.45) is -12.2. The number of hydrogen-bond donors (Lipinski definition) is 1. The minimum Gasteiger partial charge on any atom is -0.396 e. The SMILES string of the molecule is CC(CCO)(C(F)(F)F)C(F)(F)F. The lowest BCUT2D eigenvalue weighted by Gasteiger charge is -2.33. The molecule has 0 saturated heterocycles. The molecule has 0 unspecified atom stereocenters. The predicted octanol–water partition coefficient (Wildman–Crippen LogP) is 2.50. The molecule has 1 N–H and O–H groups in total. The number of alkyl halides is 6. The molecule has 0 heterocycles. The molecule has 0 aliphatic heterocycles. The third-order valence-electron chi connectivity index (χ3n) is 1.86. The lowest BCUT2D eigenvalue weighted by atomic mass is 9.85. The summed E-state index contributed by atoms with van der Waals surface area (Å²) >= 11 is 0. The summed E-state index contributed by atoms with van der Waals surface area (Å²) in [4.78, 5) is 0. The van der Waals surface area contributed by atoms with Gasteiger partial charge in [-0.25, -0.2) is 0 Å². The molecule has 13 heavy (non-hydrogen) atoms. The standard InChI is InChI=1S/C6H8F6O/c1-4(2-3-13,5(7,8)9)6(10,11)12/h13H,2-3H2,1H3. The van der Waals surface area contributed by atoms with Gasteiger partial charge < -0.3 is 5.11 Å². The molecule has 0 rings (SSSR count). The van der Waals surface area contributed by atoms with Gasteiger partial charge in [-0.05, 0) is 13.3 Å². The second-order valence-corrected chi connectivity index (χ2v) is 2.80. The van der Waals surface area contributed by atoms with E-state index in [0.717, 1.165) is 0 Å². The molecule has 1 nitrogen and oxygen atoms in total. The van der Waals surface area contributed by atoms with Crippen LogP contribution in [0, 0.1) is 5.41 Å². The first-order valence-electron chi connectivity index (χ1n) is 3.30. The van der Waals surface area contributed by atoms with Crippen molar-refractivity contribution in [2.75, 3.05) is 6.61 Å². The van der Waals surface area contributed by atoms with E-state index in [0.29, 0.717) is 0 Å². The monoisotopic (exact) mass is 210 g/mol. The number of halogens is 6. The van der Waals surface area contributed by atoms with Crippen molar-refractivity contribution in [1.29, 1.82) is 0 Å². The van der Waals surface area contributed by atoms with Gasteiger partial charge in [0.15, 0.2) is 5.41 Å². The maximum Gasteiger partial charge on any atom is 0.402 e. The second-order valence-electron chi connectivity index (χ2n) is 2.80. The number of hydrogen-bond acceptors (Lipinski definition) is 1. The van der Waals surface area contributed by atoms with E-state index in [-0.39, 0.29) is 6.92 Å². The third-order valence-corrected chi connectivity index (χ3v) is 1.86. The highest BCUT2D eigenvalue weighted by atomic mass is 19.4. The molecule has 0 radical (unpaired) electrons. The van der Waals surface area contributed by atoms with E-state index in [1.807, 2.05) is 0 Å². The van der Waals surface area contributed by atoms with E-state index in [4.69, 9.17) is 5.11 Å². The highest BCUT2D eigenvalue weighted by Gasteiger charge is 2.66. The largest absolute Gasteiger partial charge is 0.402 e. The Kier molecular flexibility index (Phi) is 3.24. The van der Waals surface area contributed by atoms with Crippen LogP contribution in [-0.2, 0) is 0 Å². The van der Waals surface area contributed by atoms with Gasteiger partial charge in [-0.3, -0.25) is 0 Å². The molecule has 0 fully saturated rings. The van der Waals surface area contributed by atoms with Crippen LogP contribution in [0.25, 0.3) is 0 Å². The number of aliphatic hydroxyl groups excluding tert-OH is 1. The van der Waals surface area contributed by atoms with Crippen LogP contribution in [0.2, 0.25) is 0 Å². The zero-order valence-corrected chi connectivity index (χ0v) is 6.63. The first-order chi connectivity index (χ1) is 5.56. The number of rotatable bonds is 2. The van der Waals surface area contributed by atoms with Crippen molar-refractivity contribution in [2.24, 2.45) is 5.41 Å². The molecule has 0 aliphatic carbocycles. The van der Waals surface area contributed by atoms with Gasteiger partial charge in [0.25, 0.3) is 0 Å². The highest BCUT2D eigenvalue weighted by Crippen LogP contribution is 2.51. The number of aliphatic hydroxyl groups is 1. The van der Waals surface area contributed by atoms with Crippen LogP contribution >= 0.6 is 0 Å². The van der Waals surface area contributed by atoms with Crippen molar-refractivity contribution in [3.8, 4) is 0 Å². The van der Waals surface area contributed by atoms with E-state index in [9.17, 15) is 26.3 Å². The lowest BCUT2D eigenvalue weighted by molar-refractivity contribution is -0.337. The predicted molar refractivity (Wildman–Crippen MR) is 31.9 cm³/mol. The average molecular weight is 210 g/mol. The van der Waals surface area contributed by atoms with E-state index in [2.05, 4.69) is 0 Å². The Morgan fingerprint density at radius 2 is 1.23 bits per heavy atom. The van der Waals surface area contributed by atoms with Crippen LogP contribution in [0.15, 0.2) is 0 Å². The average Bonchev–Trinajstić information content (AvgIpc) is 1.82. The van der Waals surface area contributed by atoms with Crippen LogP contribution < -0.4 is 0 Å². The van der Waals surface area contributed by atoms with Crippen molar-refractivity contribution < 1.29 is 31.4 Å². The van der Waals surface area contributed by atoms with Gasteiger partial charge in [-0.2, -0.15) is 26.3 Å². The van der Waals surface area contributed by atoms with Gasteiger partial charge in [-0.1, -0.05) is 0 Å². The fourth-order valence-electron chi connectivity index (χ4n) is 0.668. The lowest BCUT2D eigenvalue weighted by Crippen LogP contribution is -2.48. The smallest absolute Gasteiger partial charge is 0.396 e. The van der Waals surface area contributed by atoms with Crippen LogP contribution in [0.4, 0.5) is 26.3 Å². The molecule has 0 atom stereocenters. The van der Waals surface area contributed by atoms with Gasteiger partial charge in [0.05, 0.1) is 0 Å². The van der Waals surface area contributed by atoms with Crippen molar-refractivity contribution in [1.82, 2.24) is 0 Å². The summed E-state index contributed by atoms with van der Waals surface area (Å²) in [5.74, 6) is 0. The molecule has 0 aliphatic rings. The molecule has 7 heteroatoms. The Morgan fingerprint density at radius 1 is 0.923 bits per heavy atom. The Balaban J connectivity index is 4.96. The van der Waals surface area contributed by atoms with E-state index < -0.39 is 30.8 Å². The van der Waals surface area contributed by atoms with Gasteiger partial charge in [-0.15, -0.1) is 0 Å². The van der Waals surface area contributed by atoms with Crippen LogP contribution in [-0.4, -0.2) is 24.1 Å². The molecule has 0 amide bonds. The third kappa shape index (κ3) is 2.26. The molecular weight excluding hydrogens is 202 g/mol. The Morgan fingerprint density at radius 3 is 1.31 bits per heavy atom. The molecule has 0 saturated carbocycles. The molecule has 0 aromatic rings. The van der Waals surface area contributed by atoms with Crippen molar-refractivity contribution in [3.63, 3.8) is 0 Å². The van der Waals surface area contributed by atoms with Gasteiger partial charge in [0.2, 0.25) is 0 Å². The van der Waals surface area contributed by atoms with Crippen LogP contribution in [0.3, 0.4) is 0 Å². The minimum absolute atomic E-state index is 0.0310. The minimum atomic E-state index is -5.39. The fourth-order valence-corrected chi connectivity index (χ4v) is 0.668. The first-order valence-corrected chi connectivity index (χ1v) is 3.30. The van der Waals surface area contributed by atoms with E-state index >= 15 is 0 Å². The summed E-state index contributed by atoms with van der Waals surface area (Å²) in [6, 6.07) is 0. The summed E-state index contributed by atoms with van der Waals surface area (Å²) < 4.78 is 71.7. The van der Waals surface area contributed by atoms with Gasteiger partial charge in [0, 0.05) is 6.61 Å². The van der Waals surface area contributed by atoms with Crippen molar-refractivity contribution >= 4 is 0 Å². The fraction of sp³-hybridized carbons (Fsp3) is 1.00. The van der Waals surface area contributed by atoms with Gasteiger partial charge >= 0.3 is 12.4 Å². The zero-order valence-electron chi connectivity index (χ0n) is 6.63.